The summed E-state index contributed by atoms with van der Waals surface area (Å²) in [5.41, 5.74) is 12.6. The fourth-order valence-corrected chi connectivity index (χ4v) is 2.04. The van der Waals surface area contributed by atoms with Crippen LogP contribution in [0, 0.1) is 5.92 Å². The summed E-state index contributed by atoms with van der Waals surface area (Å²) in [7, 11) is 0. The van der Waals surface area contributed by atoms with E-state index in [1.165, 1.54) is 0 Å². The number of rotatable bonds is 6. The first kappa shape index (κ1) is 14.8. The van der Waals surface area contributed by atoms with Crippen molar-refractivity contribution in [2.24, 2.45) is 17.4 Å². The molecular formula is C13H20ClN3O. The molecule has 0 fully saturated rings. The van der Waals surface area contributed by atoms with Crippen molar-refractivity contribution in [1.29, 1.82) is 0 Å². The molecule has 0 unspecified atom stereocenters. The monoisotopic (exact) mass is 269 g/mol. The molecule has 4 nitrogen and oxygen atoms in total. The Morgan fingerprint density at radius 3 is 2.56 bits per heavy atom. The van der Waals surface area contributed by atoms with E-state index in [1.54, 1.807) is 0 Å². The minimum atomic E-state index is -0.352. The van der Waals surface area contributed by atoms with E-state index >= 15 is 0 Å². The number of hydrogen-bond acceptors (Lipinski definition) is 3. The van der Waals surface area contributed by atoms with E-state index in [0.717, 1.165) is 17.8 Å². The molecule has 0 atom stereocenters. The third-order valence-corrected chi connectivity index (χ3v) is 2.91. The van der Waals surface area contributed by atoms with E-state index in [-0.39, 0.29) is 12.5 Å². The molecule has 0 saturated heterocycles. The van der Waals surface area contributed by atoms with Crippen LogP contribution in [0.2, 0.25) is 5.02 Å². The molecule has 4 N–H and O–H groups in total. The number of nitrogens with two attached hydrogens (primary N) is 2. The van der Waals surface area contributed by atoms with Gasteiger partial charge in [-0.05, 0) is 23.6 Å². The van der Waals surface area contributed by atoms with Gasteiger partial charge in [-0.3, -0.25) is 4.79 Å². The fraction of sp³-hybridized carbons (Fsp3) is 0.462. The first-order valence-corrected chi connectivity index (χ1v) is 6.33. The van der Waals surface area contributed by atoms with Gasteiger partial charge in [0.05, 0.1) is 6.54 Å². The summed E-state index contributed by atoms with van der Waals surface area (Å²) < 4.78 is 0. The summed E-state index contributed by atoms with van der Waals surface area (Å²) >= 11 is 6.12. The Bertz CT molecular complexity index is 421. The fourth-order valence-electron chi connectivity index (χ4n) is 1.79. The number of nitrogens with zero attached hydrogens (tertiary/aromatic N) is 1. The highest BCUT2D eigenvalue weighted by Crippen LogP contribution is 2.24. The minimum Gasteiger partial charge on any atom is -0.368 e. The van der Waals surface area contributed by atoms with Gasteiger partial charge in [0.2, 0.25) is 5.91 Å². The van der Waals surface area contributed by atoms with E-state index in [9.17, 15) is 4.79 Å². The highest BCUT2D eigenvalue weighted by Gasteiger charge is 2.12. The van der Waals surface area contributed by atoms with Gasteiger partial charge in [-0.15, -0.1) is 0 Å². The summed E-state index contributed by atoms with van der Waals surface area (Å²) in [6, 6.07) is 5.63. The molecule has 0 bridgehead atoms. The van der Waals surface area contributed by atoms with Crippen molar-refractivity contribution in [3.63, 3.8) is 0 Å². The van der Waals surface area contributed by atoms with Crippen molar-refractivity contribution in [3.05, 3.63) is 28.8 Å². The van der Waals surface area contributed by atoms with Crippen LogP contribution in [0.1, 0.15) is 19.4 Å². The molecule has 0 aliphatic heterocycles. The largest absolute Gasteiger partial charge is 0.368 e. The van der Waals surface area contributed by atoms with Crippen LogP contribution in [0.3, 0.4) is 0 Å². The average molecular weight is 270 g/mol. The lowest BCUT2D eigenvalue weighted by Gasteiger charge is -2.25. The highest BCUT2D eigenvalue weighted by atomic mass is 35.5. The van der Waals surface area contributed by atoms with Gasteiger partial charge in [0.25, 0.3) is 0 Å². The molecule has 1 aromatic carbocycles. The number of hydrogen-bond donors (Lipinski definition) is 2. The van der Waals surface area contributed by atoms with E-state index < -0.39 is 0 Å². The van der Waals surface area contributed by atoms with Crippen LogP contribution in [0.25, 0.3) is 0 Å². The van der Waals surface area contributed by atoms with Gasteiger partial charge in [0.1, 0.15) is 0 Å². The molecule has 0 heterocycles. The molecule has 0 saturated carbocycles. The van der Waals surface area contributed by atoms with Crippen LogP contribution in [0.15, 0.2) is 18.2 Å². The molecule has 0 aliphatic rings. The molecule has 1 aromatic rings. The molecule has 18 heavy (non-hydrogen) atoms. The summed E-state index contributed by atoms with van der Waals surface area (Å²) in [5, 5.41) is 0.619. The lowest BCUT2D eigenvalue weighted by Crippen LogP contribution is -2.36. The van der Waals surface area contributed by atoms with E-state index in [0.29, 0.717) is 17.5 Å². The van der Waals surface area contributed by atoms with Crippen LogP contribution in [-0.4, -0.2) is 19.0 Å². The van der Waals surface area contributed by atoms with Crippen LogP contribution >= 0.6 is 11.6 Å². The van der Waals surface area contributed by atoms with Crippen molar-refractivity contribution < 1.29 is 4.79 Å². The molecular weight excluding hydrogens is 250 g/mol. The van der Waals surface area contributed by atoms with Crippen molar-refractivity contribution in [2.75, 3.05) is 18.0 Å². The number of halogens is 1. The zero-order valence-electron chi connectivity index (χ0n) is 10.8. The van der Waals surface area contributed by atoms with E-state index in [2.05, 4.69) is 13.8 Å². The number of benzene rings is 1. The number of primary amides is 1. The number of amides is 1. The first-order chi connectivity index (χ1) is 8.43. The van der Waals surface area contributed by atoms with E-state index in [4.69, 9.17) is 23.1 Å². The normalized spacial score (nSPS) is 10.7. The van der Waals surface area contributed by atoms with Gasteiger partial charge in [-0.1, -0.05) is 31.5 Å². The Hall–Kier alpha value is -1.26. The van der Waals surface area contributed by atoms with Crippen LogP contribution in [0.4, 0.5) is 5.69 Å². The van der Waals surface area contributed by atoms with Gasteiger partial charge in [0.15, 0.2) is 0 Å². The molecule has 1 amide bonds. The Balaban J connectivity index is 2.97. The molecule has 5 heteroatoms. The molecule has 1 rings (SSSR count). The van der Waals surface area contributed by atoms with Crippen molar-refractivity contribution >= 4 is 23.2 Å². The SMILES string of the molecule is CC(C)CN(CC(N)=O)c1ccc(CN)c(Cl)c1. The van der Waals surface area contributed by atoms with Gasteiger partial charge in [0, 0.05) is 23.8 Å². The third-order valence-electron chi connectivity index (χ3n) is 2.55. The standard InChI is InChI=1S/C13H20ClN3O/c1-9(2)7-17(8-13(16)18)11-4-3-10(6-15)12(14)5-11/h3-5,9H,6-8,15H2,1-2H3,(H2,16,18). The summed E-state index contributed by atoms with van der Waals surface area (Å²) in [6.45, 7) is 5.52. The second-order valence-electron chi connectivity index (χ2n) is 4.72. The molecule has 0 aromatic heterocycles. The van der Waals surface area contributed by atoms with Gasteiger partial charge in [-0.2, -0.15) is 0 Å². The van der Waals surface area contributed by atoms with Gasteiger partial charge in [-0.25, -0.2) is 0 Å². The van der Waals surface area contributed by atoms with Crippen LogP contribution in [-0.2, 0) is 11.3 Å². The van der Waals surface area contributed by atoms with Gasteiger partial charge >= 0.3 is 0 Å². The van der Waals surface area contributed by atoms with Gasteiger partial charge < -0.3 is 16.4 Å². The zero-order valence-corrected chi connectivity index (χ0v) is 11.6. The average Bonchev–Trinajstić information content (AvgIpc) is 2.26. The molecule has 0 aliphatic carbocycles. The Kier molecular flexibility index (Phi) is 5.44. The summed E-state index contributed by atoms with van der Waals surface area (Å²) in [6.07, 6.45) is 0. The van der Waals surface area contributed by atoms with Crippen molar-refractivity contribution in [3.8, 4) is 0 Å². The first-order valence-electron chi connectivity index (χ1n) is 5.95. The smallest absolute Gasteiger partial charge is 0.236 e. The predicted octanol–water partition coefficient (Wildman–Crippen LogP) is 1.75. The summed E-state index contributed by atoms with van der Waals surface area (Å²) in [4.78, 5) is 13.0. The van der Waals surface area contributed by atoms with Crippen molar-refractivity contribution in [2.45, 2.75) is 20.4 Å². The van der Waals surface area contributed by atoms with Crippen LogP contribution in [0.5, 0.6) is 0 Å². The lowest BCUT2D eigenvalue weighted by atomic mass is 10.1. The third kappa shape index (κ3) is 4.20. The maximum Gasteiger partial charge on any atom is 0.236 e. The Morgan fingerprint density at radius 1 is 1.44 bits per heavy atom. The quantitative estimate of drug-likeness (QED) is 0.826. The molecule has 0 spiro atoms. The Morgan fingerprint density at radius 2 is 2.11 bits per heavy atom. The van der Waals surface area contributed by atoms with Crippen LogP contribution < -0.4 is 16.4 Å². The van der Waals surface area contributed by atoms with E-state index in [1.807, 2.05) is 23.1 Å². The molecule has 100 valence electrons. The second kappa shape index (κ2) is 6.61. The topological polar surface area (TPSA) is 72.3 Å². The maximum absolute atomic E-state index is 11.1. The zero-order chi connectivity index (χ0) is 13.7. The number of anilines is 1. The van der Waals surface area contributed by atoms with Crippen molar-refractivity contribution in [1.82, 2.24) is 0 Å². The lowest BCUT2D eigenvalue weighted by molar-refractivity contribution is -0.116. The number of carbonyl (C=O) groups is 1. The second-order valence-corrected chi connectivity index (χ2v) is 5.13. The summed E-state index contributed by atoms with van der Waals surface area (Å²) in [5.74, 6) is 0.0759. The molecule has 0 radical (unpaired) electrons. The maximum atomic E-state index is 11.1. The predicted molar refractivity (Wildman–Crippen MR) is 75.6 cm³/mol. The highest BCUT2D eigenvalue weighted by molar-refractivity contribution is 6.31. The minimum absolute atomic E-state index is 0.191. The number of carbonyl (C=O) groups excluding carboxylic acids is 1. The Labute approximate surface area is 113 Å².